The molecule has 0 saturated carbocycles. The molecule has 1 aromatic rings. The number of aryl methyl sites for hydroxylation is 1. The van der Waals surface area contributed by atoms with Crippen LogP contribution in [0.4, 0.5) is 0 Å². The van der Waals surface area contributed by atoms with Gasteiger partial charge in [0, 0.05) is 25.8 Å². The van der Waals surface area contributed by atoms with E-state index in [-0.39, 0.29) is 24.6 Å². The summed E-state index contributed by atoms with van der Waals surface area (Å²) >= 11 is 0. The standard InChI is InChI=1S/C16H22O5/c1-10-6-7-16(19-5)15(9-20-12(3)17)14(10)8-11(2)21-13(4)18/h6-7,11H,8-9H2,1-5H3. The molecule has 1 unspecified atom stereocenters. The van der Waals surface area contributed by atoms with Gasteiger partial charge in [-0.25, -0.2) is 0 Å². The van der Waals surface area contributed by atoms with Crippen molar-refractivity contribution in [3.63, 3.8) is 0 Å². The lowest BCUT2D eigenvalue weighted by molar-refractivity contribution is -0.145. The van der Waals surface area contributed by atoms with Gasteiger partial charge in [-0.05, 0) is 31.0 Å². The molecule has 0 bridgehead atoms. The van der Waals surface area contributed by atoms with Gasteiger partial charge in [0.25, 0.3) is 0 Å². The zero-order valence-electron chi connectivity index (χ0n) is 13.2. The minimum atomic E-state index is -0.349. The van der Waals surface area contributed by atoms with Crippen LogP contribution in [0.5, 0.6) is 5.75 Å². The van der Waals surface area contributed by atoms with Gasteiger partial charge in [-0.2, -0.15) is 0 Å². The third-order valence-electron chi connectivity index (χ3n) is 3.12. The number of benzene rings is 1. The van der Waals surface area contributed by atoms with Crippen LogP contribution in [0.15, 0.2) is 12.1 Å². The highest BCUT2D eigenvalue weighted by molar-refractivity contribution is 5.66. The fourth-order valence-corrected chi connectivity index (χ4v) is 2.21. The van der Waals surface area contributed by atoms with Gasteiger partial charge in [-0.3, -0.25) is 9.59 Å². The SMILES string of the molecule is COc1ccc(C)c(CC(C)OC(C)=O)c1COC(C)=O. The highest BCUT2D eigenvalue weighted by Crippen LogP contribution is 2.28. The van der Waals surface area contributed by atoms with Crippen molar-refractivity contribution in [1.29, 1.82) is 0 Å². The molecule has 0 aliphatic rings. The van der Waals surface area contributed by atoms with Crippen molar-refractivity contribution in [3.05, 3.63) is 28.8 Å². The molecule has 1 aromatic carbocycles. The van der Waals surface area contributed by atoms with E-state index in [9.17, 15) is 9.59 Å². The molecular formula is C16H22O5. The highest BCUT2D eigenvalue weighted by atomic mass is 16.5. The van der Waals surface area contributed by atoms with Gasteiger partial charge < -0.3 is 14.2 Å². The normalized spacial score (nSPS) is 11.7. The predicted molar refractivity (Wildman–Crippen MR) is 78.1 cm³/mol. The molecule has 21 heavy (non-hydrogen) atoms. The Morgan fingerprint density at radius 2 is 1.81 bits per heavy atom. The second-order valence-electron chi connectivity index (χ2n) is 4.95. The first-order valence-electron chi connectivity index (χ1n) is 6.81. The average Bonchev–Trinajstić information content (AvgIpc) is 2.38. The van der Waals surface area contributed by atoms with Gasteiger partial charge in [-0.15, -0.1) is 0 Å². The Hall–Kier alpha value is -2.04. The van der Waals surface area contributed by atoms with Crippen LogP contribution < -0.4 is 4.74 Å². The average molecular weight is 294 g/mol. The largest absolute Gasteiger partial charge is 0.496 e. The van der Waals surface area contributed by atoms with Crippen LogP contribution >= 0.6 is 0 Å². The first-order chi connectivity index (χ1) is 9.85. The molecule has 1 atom stereocenters. The minimum Gasteiger partial charge on any atom is -0.496 e. The Balaban J connectivity index is 3.08. The van der Waals surface area contributed by atoms with Gasteiger partial charge in [-0.1, -0.05) is 6.07 Å². The van der Waals surface area contributed by atoms with E-state index in [1.165, 1.54) is 13.8 Å². The van der Waals surface area contributed by atoms with Gasteiger partial charge in [0.1, 0.15) is 18.5 Å². The minimum absolute atomic E-state index is 0.141. The molecule has 5 nitrogen and oxygen atoms in total. The first kappa shape index (κ1) is 17.0. The smallest absolute Gasteiger partial charge is 0.302 e. The van der Waals surface area contributed by atoms with E-state index in [1.54, 1.807) is 7.11 Å². The second kappa shape index (κ2) is 7.67. The second-order valence-corrected chi connectivity index (χ2v) is 4.95. The van der Waals surface area contributed by atoms with Crippen LogP contribution in [-0.2, 0) is 32.1 Å². The Morgan fingerprint density at radius 3 is 2.33 bits per heavy atom. The van der Waals surface area contributed by atoms with Crippen molar-refractivity contribution in [1.82, 2.24) is 0 Å². The molecule has 5 heteroatoms. The maximum absolute atomic E-state index is 11.0. The zero-order chi connectivity index (χ0) is 16.0. The van der Waals surface area contributed by atoms with Crippen molar-refractivity contribution in [3.8, 4) is 5.75 Å². The maximum atomic E-state index is 11.0. The lowest BCUT2D eigenvalue weighted by Crippen LogP contribution is -2.17. The number of carbonyl (C=O) groups is 2. The van der Waals surface area contributed by atoms with E-state index >= 15 is 0 Å². The van der Waals surface area contributed by atoms with Gasteiger partial charge >= 0.3 is 11.9 Å². The molecule has 0 amide bonds. The molecular weight excluding hydrogens is 272 g/mol. The maximum Gasteiger partial charge on any atom is 0.302 e. The summed E-state index contributed by atoms with van der Waals surface area (Å²) in [7, 11) is 1.57. The van der Waals surface area contributed by atoms with E-state index in [0.717, 1.165) is 16.7 Å². The Labute approximate surface area is 125 Å². The third-order valence-corrected chi connectivity index (χ3v) is 3.12. The fourth-order valence-electron chi connectivity index (χ4n) is 2.21. The molecule has 0 N–H and O–H groups in total. The summed E-state index contributed by atoms with van der Waals surface area (Å²) in [5, 5.41) is 0. The zero-order valence-corrected chi connectivity index (χ0v) is 13.2. The quantitative estimate of drug-likeness (QED) is 0.755. The van der Waals surface area contributed by atoms with E-state index in [0.29, 0.717) is 12.2 Å². The van der Waals surface area contributed by atoms with Crippen molar-refractivity contribution >= 4 is 11.9 Å². The molecule has 0 saturated heterocycles. The summed E-state index contributed by atoms with van der Waals surface area (Å²) < 4.78 is 15.6. The van der Waals surface area contributed by atoms with Crippen LogP contribution in [0, 0.1) is 6.92 Å². The third kappa shape index (κ3) is 5.10. The van der Waals surface area contributed by atoms with Gasteiger partial charge in [0.15, 0.2) is 0 Å². The van der Waals surface area contributed by atoms with Crippen LogP contribution in [0.3, 0.4) is 0 Å². The number of ether oxygens (including phenoxy) is 3. The van der Waals surface area contributed by atoms with Crippen LogP contribution in [0.2, 0.25) is 0 Å². The molecule has 0 aliphatic carbocycles. The highest BCUT2D eigenvalue weighted by Gasteiger charge is 2.17. The van der Waals surface area contributed by atoms with E-state index in [2.05, 4.69) is 0 Å². The lowest BCUT2D eigenvalue weighted by atomic mass is 9.96. The molecule has 0 fully saturated rings. The fraction of sp³-hybridized carbons (Fsp3) is 0.500. The molecule has 0 spiro atoms. The molecule has 0 radical (unpaired) electrons. The van der Waals surface area contributed by atoms with Crippen molar-refractivity contribution in [2.75, 3.05) is 7.11 Å². The topological polar surface area (TPSA) is 61.8 Å². The van der Waals surface area contributed by atoms with Crippen LogP contribution in [-0.4, -0.2) is 25.2 Å². The summed E-state index contributed by atoms with van der Waals surface area (Å²) in [5.74, 6) is -0.00555. The van der Waals surface area contributed by atoms with E-state index in [4.69, 9.17) is 14.2 Å². The van der Waals surface area contributed by atoms with Crippen LogP contribution in [0.1, 0.15) is 37.5 Å². The summed E-state index contributed by atoms with van der Waals surface area (Å²) in [6, 6.07) is 3.78. The van der Waals surface area contributed by atoms with E-state index in [1.807, 2.05) is 26.0 Å². The Morgan fingerprint density at radius 1 is 1.14 bits per heavy atom. The van der Waals surface area contributed by atoms with Gasteiger partial charge in [0.2, 0.25) is 0 Å². The number of methoxy groups -OCH3 is 1. The lowest BCUT2D eigenvalue weighted by Gasteiger charge is -2.19. The number of rotatable bonds is 6. The number of hydrogen-bond acceptors (Lipinski definition) is 5. The molecule has 0 heterocycles. The molecule has 0 aromatic heterocycles. The first-order valence-corrected chi connectivity index (χ1v) is 6.81. The molecule has 116 valence electrons. The monoisotopic (exact) mass is 294 g/mol. The Bertz CT molecular complexity index is 522. The van der Waals surface area contributed by atoms with E-state index < -0.39 is 0 Å². The summed E-state index contributed by atoms with van der Waals surface area (Å²) in [6.07, 6.45) is 0.281. The Kier molecular flexibility index (Phi) is 6.21. The van der Waals surface area contributed by atoms with Crippen LogP contribution in [0.25, 0.3) is 0 Å². The van der Waals surface area contributed by atoms with Gasteiger partial charge in [0.05, 0.1) is 7.11 Å². The summed E-state index contributed by atoms with van der Waals surface area (Å²) in [4.78, 5) is 22.1. The number of carbonyl (C=O) groups excluding carboxylic acids is 2. The van der Waals surface area contributed by atoms with Crippen molar-refractivity contribution < 1.29 is 23.8 Å². The van der Waals surface area contributed by atoms with Crippen molar-refractivity contribution in [2.45, 2.75) is 46.8 Å². The predicted octanol–water partition coefficient (Wildman–Crippen LogP) is 2.56. The number of hydrogen-bond donors (Lipinski definition) is 0. The van der Waals surface area contributed by atoms with Crippen molar-refractivity contribution in [2.24, 2.45) is 0 Å². The number of esters is 2. The molecule has 0 aliphatic heterocycles. The summed E-state index contributed by atoms with van der Waals surface area (Å²) in [5.41, 5.74) is 2.83. The molecule has 1 rings (SSSR count). The summed E-state index contributed by atoms with van der Waals surface area (Å²) in [6.45, 7) is 6.68.